The number of hydrogen-bond donors (Lipinski definition) is 1. The van der Waals surface area contributed by atoms with Crippen LogP contribution in [0.5, 0.6) is 0 Å². The monoisotopic (exact) mass is 324 g/mol. The maximum Gasteiger partial charge on any atom is 0.223 e. The third-order valence-electron chi connectivity index (χ3n) is 3.25. The van der Waals surface area contributed by atoms with Crippen LogP contribution in [0.3, 0.4) is 0 Å². The zero-order valence-corrected chi connectivity index (χ0v) is 13.2. The summed E-state index contributed by atoms with van der Waals surface area (Å²) in [7, 11) is 2.10. The minimum atomic E-state index is 0. The fourth-order valence-electron chi connectivity index (χ4n) is 2.33. The van der Waals surface area contributed by atoms with Gasteiger partial charge in [0.1, 0.15) is 5.15 Å². The van der Waals surface area contributed by atoms with E-state index in [4.69, 9.17) is 23.2 Å². The Labute approximate surface area is 130 Å². The molecule has 2 rings (SSSR count). The summed E-state index contributed by atoms with van der Waals surface area (Å²) in [6.45, 7) is 4.10. The van der Waals surface area contributed by atoms with E-state index in [9.17, 15) is 0 Å². The molecule has 1 N–H and O–H groups in total. The lowest BCUT2D eigenvalue weighted by atomic mass is 9.97. The Morgan fingerprint density at radius 2 is 2.05 bits per heavy atom. The first-order valence-electron chi connectivity index (χ1n) is 6.21. The molecule has 0 spiro atoms. The molecular weight excluding hydrogens is 307 g/mol. The molecule has 108 valence electrons. The molecule has 1 aliphatic heterocycles. The number of rotatable bonds is 4. The highest BCUT2D eigenvalue weighted by atomic mass is 35.5. The van der Waals surface area contributed by atoms with Crippen LogP contribution in [0.15, 0.2) is 6.20 Å². The number of halogens is 3. The van der Waals surface area contributed by atoms with Crippen LogP contribution >= 0.6 is 35.6 Å². The molecule has 1 fully saturated rings. The summed E-state index contributed by atoms with van der Waals surface area (Å²) in [5.74, 6) is 0.767. The van der Waals surface area contributed by atoms with Crippen molar-refractivity contribution < 1.29 is 0 Å². The van der Waals surface area contributed by atoms with Crippen LogP contribution in [-0.2, 0) is 6.54 Å². The lowest BCUT2D eigenvalue weighted by Gasteiger charge is -2.27. The normalized spacial score (nSPS) is 16.4. The molecule has 0 amide bonds. The lowest BCUT2D eigenvalue weighted by Crippen LogP contribution is -2.34. The molecule has 0 bridgehead atoms. The molecule has 1 aliphatic rings. The summed E-state index contributed by atoms with van der Waals surface area (Å²) >= 11 is 11.7. The van der Waals surface area contributed by atoms with Gasteiger partial charge in [-0.2, -0.15) is 0 Å². The van der Waals surface area contributed by atoms with E-state index in [0.717, 1.165) is 37.7 Å². The highest BCUT2D eigenvalue weighted by Crippen LogP contribution is 2.18. The highest BCUT2D eigenvalue weighted by Gasteiger charge is 2.16. The summed E-state index contributed by atoms with van der Waals surface area (Å²) in [4.78, 5) is 10.2. The molecule has 0 saturated carbocycles. The van der Waals surface area contributed by atoms with E-state index in [1.54, 1.807) is 6.20 Å². The van der Waals surface area contributed by atoms with E-state index in [2.05, 4.69) is 27.2 Å². The number of piperidine rings is 1. The first-order valence-corrected chi connectivity index (χ1v) is 6.97. The number of nitrogens with one attached hydrogen (secondary N) is 1. The molecule has 1 aromatic heterocycles. The third kappa shape index (κ3) is 5.40. The van der Waals surface area contributed by atoms with E-state index in [-0.39, 0.29) is 17.7 Å². The predicted molar refractivity (Wildman–Crippen MR) is 81.2 cm³/mol. The van der Waals surface area contributed by atoms with Crippen molar-refractivity contribution in [3.63, 3.8) is 0 Å². The van der Waals surface area contributed by atoms with E-state index >= 15 is 0 Å². The van der Waals surface area contributed by atoms with Crippen molar-refractivity contribution in [1.29, 1.82) is 0 Å². The van der Waals surface area contributed by atoms with Crippen molar-refractivity contribution in [3.05, 3.63) is 22.2 Å². The zero-order chi connectivity index (χ0) is 13.0. The van der Waals surface area contributed by atoms with Crippen molar-refractivity contribution >= 4 is 35.6 Å². The molecule has 19 heavy (non-hydrogen) atoms. The van der Waals surface area contributed by atoms with Gasteiger partial charge in [-0.15, -0.1) is 12.4 Å². The van der Waals surface area contributed by atoms with Crippen LogP contribution in [0.4, 0.5) is 0 Å². The van der Waals surface area contributed by atoms with Gasteiger partial charge < -0.3 is 10.2 Å². The summed E-state index contributed by atoms with van der Waals surface area (Å²) < 4.78 is 0. The summed E-state index contributed by atoms with van der Waals surface area (Å²) in [5, 5.41) is 4.03. The fraction of sp³-hybridized carbons (Fsp3) is 0.667. The van der Waals surface area contributed by atoms with Gasteiger partial charge in [-0.1, -0.05) is 11.6 Å². The quantitative estimate of drug-likeness (QED) is 0.682. The van der Waals surface area contributed by atoms with E-state index in [0.29, 0.717) is 5.15 Å². The maximum absolute atomic E-state index is 6.04. The smallest absolute Gasteiger partial charge is 0.223 e. The standard InChI is InChI=1S/C12H18Cl2N4.ClH/c1-18(7-9-2-4-15-5-3-9)8-10-6-16-12(14)17-11(10)13;/h6,9,15H,2-5,7-8H2,1H3;1H. The molecule has 2 heterocycles. The second-order valence-corrected chi connectivity index (χ2v) is 5.54. The van der Waals surface area contributed by atoms with Gasteiger partial charge in [0.05, 0.1) is 0 Å². The SMILES string of the molecule is CN(Cc1cnc(Cl)nc1Cl)CC1CCNCC1.Cl. The average Bonchev–Trinajstić information content (AvgIpc) is 2.34. The molecule has 0 aliphatic carbocycles. The first-order chi connectivity index (χ1) is 8.65. The Balaban J connectivity index is 0.00000180. The van der Waals surface area contributed by atoms with Crippen LogP contribution in [0.2, 0.25) is 10.4 Å². The third-order valence-corrected chi connectivity index (χ3v) is 3.76. The van der Waals surface area contributed by atoms with Gasteiger partial charge in [-0.25, -0.2) is 9.97 Å². The fourth-order valence-corrected chi connectivity index (χ4v) is 2.70. The van der Waals surface area contributed by atoms with Crippen LogP contribution < -0.4 is 5.32 Å². The average molecular weight is 326 g/mol. The predicted octanol–water partition coefficient (Wildman–Crippen LogP) is 2.64. The van der Waals surface area contributed by atoms with Crippen molar-refractivity contribution in [2.24, 2.45) is 5.92 Å². The molecule has 0 radical (unpaired) electrons. The number of nitrogens with zero attached hydrogens (tertiary/aromatic N) is 3. The topological polar surface area (TPSA) is 41.1 Å². The molecule has 1 aromatic rings. The van der Waals surface area contributed by atoms with Gasteiger partial charge >= 0.3 is 0 Å². The van der Waals surface area contributed by atoms with Crippen molar-refractivity contribution in [3.8, 4) is 0 Å². The summed E-state index contributed by atoms with van der Waals surface area (Å²) in [6.07, 6.45) is 4.20. The van der Waals surface area contributed by atoms with E-state index in [1.807, 2.05) is 0 Å². The zero-order valence-electron chi connectivity index (χ0n) is 10.9. The van der Waals surface area contributed by atoms with Crippen molar-refractivity contribution in [2.75, 3.05) is 26.7 Å². The van der Waals surface area contributed by atoms with Gasteiger partial charge in [0.15, 0.2) is 0 Å². The Morgan fingerprint density at radius 3 is 2.68 bits per heavy atom. The van der Waals surface area contributed by atoms with E-state index in [1.165, 1.54) is 12.8 Å². The molecule has 4 nitrogen and oxygen atoms in total. The minimum absolute atomic E-state index is 0. The maximum atomic E-state index is 6.04. The summed E-state index contributed by atoms with van der Waals surface area (Å²) in [6, 6.07) is 0. The number of aromatic nitrogens is 2. The second-order valence-electron chi connectivity index (χ2n) is 4.85. The first kappa shape index (κ1) is 16.9. The largest absolute Gasteiger partial charge is 0.317 e. The highest BCUT2D eigenvalue weighted by molar-refractivity contribution is 6.32. The molecule has 7 heteroatoms. The van der Waals surface area contributed by atoms with Gasteiger partial charge in [-0.3, -0.25) is 0 Å². The number of hydrogen-bond acceptors (Lipinski definition) is 4. The van der Waals surface area contributed by atoms with Crippen molar-refractivity contribution in [2.45, 2.75) is 19.4 Å². The Morgan fingerprint density at radius 1 is 1.37 bits per heavy atom. The molecule has 0 atom stereocenters. The molecule has 1 saturated heterocycles. The van der Waals surface area contributed by atoms with Gasteiger partial charge in [0, 0.05) is 24.8 Å². The Bertz CT molecular complexity index is 397. The molecular formula is C12H19Cl3N4. The van der Waals surface area contributed by atoms with Crippen LogP contribution in [-0.4, -0.2) is 41.5 Å². The van der Waals surface area contributed by atoms with Crippen molar-refractivity contribution in [1.82, 2.24) is 20.2 Å². The van der Waals surface area contributed by atoms with Gasteiger partial charge in [-0.05, 0) is 50.5 Å². The minimum Gasteiger partial charge on any atom is -0.317 e. The second kappa shape index (κ2) is 8.22. The molecule has 0 aromatic carbocycles. The van der Waals surface area contributed by atoms with Crippen LogP contribution in [0, 0.1) is 5.92 Å². The Hall–Kier alpha value is -0.130. The molecule has 0 unspecified atom stereocenters. The van der Waals surface area contributed by atoms with Gasteiger partial charge in [0.2, 0.25) is 5.28 Å². The van der Waals surface area contributed by atoms with E-state index < -0.39 is 0 Å². The van der Waals surface area contributed by atoms with Gasteiger partial charge in [0.25, 0.3) is 0 Å². The van der Waals surface area contributed by atoms with Crippen LogP contribution in [0.1, 0.15) is 18.4 Å². The lowest BCUT2D eigenvalue weighted by molar-refractivity contribution is 0.234. The van der Waals surface area contributed by atoms with Crippen LogP contribution in [0.25, 0.3) is 0 Å². The summed E-state index contributed by atoms with van der Waals surface area (Å²) in [5.41, 5.74) is 0.928. The Kier molecular flexibility index (Phi) is 7.32.